The molecule has 1 aromatic carbocycles. The summed E-state index contributed by atoms with van der Waals surface area (Å²) in [6.45, 7) is 13.0. The number of benzene rings is 1. The SMILES string of the molecule is CCc1ncc(Nc2ccc(N3CCC(N4CCN(C)CC4)CC3)cc2OC)nc1NC1CCC(N2CCOCC2)CC1. The van der Waals surface area contributed by atoms with Crippen molar-refractivity contribution in [1.82, 2.24) is 24.7 Å². The smallest absolute Gasteiger partial charge is 0.151 e. The quantitative estimate of drug-likeness (QED) is 0.445. The number of hydrogen-bond acceptors (Lipinski definition) is 10. The van der Waals surface area contributed by atoms with Crippen LogP contribution in [0.1, 0.15) is 51.1 Å². The van der Waals surface area contributed by atoms with Crippen LogP contribution in [0, 0.1) is 0 Å². The first-order valence-corrected chi connectivity index (χ1v) is 16.7. The van der Waals surface area contributed by atoms with Crippen LogP contribution in [0.15, 0.2) is 24.4 Å². The maximum absolute atomic E-state index is 5.85. The molecule has 0 spiro atoms. The van der Waals surface area contributed by atoms with E-state index in [-0.39, 0.29) is 0 Å². The van der Waals surface area contributed by atoms with Crippen molar-refractivity contribution in [1.29, 1.82) is 0 Å². The van der Waals surface area contributed by atoms with E-state index < -0.39 is 0 Å². The molecule has 4 fully saturated rings. The van der Waals surface area contributed by atoms with E-state index in [2.05, 4.69) is 62.4 Å². The molecule has 1 saturated carbocycles. The largest absolute Gasteiger partial charge is 0.494 e. The molecule has 2 N–H and O–H groups in total. The summed E-state index contributed by atoms with van der Waals surface area (Å²) in [5.41, 5.74) is 3.15. The molecule has 4 aliphatic rings. The molecule has 10 heteroatoms. The molecule has 1 aromatic heterocycles. The molecule has 236 valence electrons. The van der Waals surface area contributed by atoms with Gasteiger partial charge < -0.3 is 29.9 Å². The van der Waals surface area contributed by atoms with E-state index in [0.717, 1.165) is 87.4 Å². The van der Waals surface area contributed by atoms with Gasteiger partial charge in [0.1, 0.15) is 11.6 Å². The molecule has 10 nitrogen and oxygen atoms in total. The topological polar surface area (TPSA) is 81.3 Å². The minimum absolute atomic E-state index is 0.432. The fourth-order valence-corrected chi connectivity index (χ4v) is 7.36. The Bertz CT molecular complexity index is 1170. The number of aromatic nitrogens is 2. The molecule has 3 aliphatic heterocycles. The first kappa shape index (κ1) is 30.4. The van der Waals surface area contributed by atoms with Crippen LogP contribution in [0.5, 0.6) is 5.75 Å². The zero-order valence-corrected chi connectivity index (χ0v) is 26.6. The normalized spacial score (nSPS) is 25.0. The first-order chi connectivity index (χ1) is 21.1. The molecule has 2 aromatic rings. The average Bonchev–Trinajstić information content (AvgIpc) is 3.06. The van der Waals surface area contributed by atoms with Crippen LogP contribution in [-0.4, -0.2) is 123 Å². The molecule has 0 unspecified atom stereocenters. The zero-order chi connectivity index (χ0) is 29.6. The summed E-state index contributed by atoms with van der Waals surface area (Å²) >= 11 is 0. The number of morpholine rings is 1. The van der Waals surface area contributed by atoms with Gasteiger partial charge in [0.05, 0.1) is 37.9 Å². The highest BCUT2D eigenvalue weighted by Gasteiger charge is 2.29. The van der Waals surface area contributed by atoms with Crippen molar-refractivity contribution in [3.8, 4) is 5.75 Å². The second-order valence-corrected chi connectivity index (χ2v) is 12.8. The standard InChI is InChI=1S/C33H52N8O2/c1-4-29-33(35-25-5-7-26(8-6-25)41-19-21-43-22-20-41)37-32(24-34-29)36-30-10-9-28(23-31(30)42-3)39-13-11-27(12-14-39)40-17-15-38(2)16-18-40/h9-10,23-27H,4-8,11-22H2,1-3H3,(H2,35,36,37). The number of piperazine rings is 1. The minimum Gasteiger partial charge on any atom is -0.494 e. The lowest BCUT2D eigenvalue weighted by Gasteiger charge is -2.42. The van der Waals surface area contributed by atoms with Gasteiger partial charge in [0, 0.05) is 82.2 Å². The van der Waals surface area contributed by atoms with E-state index in [1.54, 1.807) is 7.11 Å². The van der Waals surface area contributed by atoms with Crippen molar-refractivity contribution < 1.29 is 9.47 Å². The van der Waals surface area contributed by atoms with Crippen molar-refractivity contribution in [2.75, 3.05) is 95.3 Å². The van der Waals surface area contributed by atoms with Crippen LogP contribution in [-0.2, 0) is 11.2 Å². The maximum atomic E-state index is 5.85. The van der Waals surface area contributed by atoms with Gasteiger partial charge in [0.15, 0.2) is 5.82 Å². The van der Waals surface area contributed by atoms with Crippen molar-refractivity contribution in [3.63, 3.8) is 0 Å². The van der Waals surface area contributed by atoms with E-state index in [4.69, 9.17) is 19.4 Å². The van der Waals surface area contributed by atoms with Crippen LogP contribution in [0.3, 0.4) is 0 Å². The number of nitrogens with one attached hydrogen (secondary N) is 2. The second kappa shape index (κ2) is 14.4. The molecule has 3 saturated heterocycles. The van der Waals surface area contributed by atoms with E-state index in [1.807, 2.05) is 6.20 Å². The molecule has 4 heterocycles. The Morgan fingerprint density at radius 3 is 2.28 bits per heavy atom. The summed E-state index contributed by atoms with van der Waals surface area (Å²) in [5.74, 6) is 2.47. The van der Waals surface area contributed by atoms with Gasteiger partial charge in [0.2, 0.25) is 0 Å². The highest BCUT2D eigenvalue weighted by atomic mass is 16.5. The molecule has 43 heavy (non-hydrogen) atoms. The van der Waals surface area contributed by atoms with Crippen LogP contribution < -0.4 is 20.3 Å². The Morgan fingerprint density at radius 1 is 0.884 bits per heavy atom. The van der Waals surface area contributed by atoms with Crippen LogP contribution in [0.2, 0.25) is 0 Å². The van der Waals surface area contributed by atoms with E-state index in [9.17, 15) is 0 Å². The van der Waals surface area contributed by atoms with Gasteiger partial charge in [-0.1, -0.05) is 6.92 Å². The molecular weight excluding hydrogens is 540 g/mol. The summed E-state index contributed by atoms with van der Waals surface area (Å²) in [6, 6.07) is 8.32. The van der Waals surface area contributed by atoms with Crippen LogP contribution in [0.4, 0.5) is 23.0 Å². The maximum Gasteiger partial charge on any atom is 0.151 e. The van der Waals surface area contributed by atoms with Crippen molar-refractivity contribution in [3.05, 3.63) is 30.1 Å². The van der Waals surface area contributed by atoms with Crippen molar-refractivity contribution in [2.45, 2.75) is 70.0 Å². The molecule has 0 amide bonds. The van der Waals surface area contributed by atoms with E-state index in [0.29, 0.717) is 18.1 Å². The third-order valence-electron chi connectivity index (χ3n) is 10.1. The van der Waals surface area contributed by atoms with Gasteiger partial charge in [-0.3, -0.25) is 14.8 Å². The van der Waals surface area contributed by atoms with E-state index >= 15 is 0 Å². The third-order valence-corrected chi connectivity index (χ3v) is 10.1. The molecule has 0 atom stereocenters. The number of hydrogen-bond donors (Lipinski definition) is 2. The number of methoxy groups -OCH3 is 1. The Hall–Kier alpha value is -2.66. The lowest BCUT2D eigenvalue weighted by atomic mass is 9.90. The van der Waals surface area contributed by atoms with Gasteiger partial charge in [-0.25, -0.2) is 4.98 Å². The number of likely N-dealkylation sites (N-methyl/N-ethyl adjacent to an activating group) is 1. The van der Waals surface area contributed by atoms with Gasteiger partial charge in [-0.2, -0.15) is 0 Å². The van der Waals surface area contributed by atoms with Crippen LogP contribution in [0.25, 0.3) is 0 Å². The number of piperidine rings is 1. The molecule has 1 aliphatic carbocycles. The first-order valence-electron chi connectivity index (χ1n) is 16.7. The van der Waals surface area contributed by atoms with E-state index in [1.165, 1.54) is 57.5 Å². The van der Waals surface area contributed by atoms with Crippen molar-refractivity contribution in [2.24, 2.45) is 0 Å². The molecule has 0 bridgehead atoms. The Balaban J connectivity index is 1.06. The molecule has 0 radical (unpaired) electrons. The minimum atomic E-state index is 0.432. The summed E-state index contributed by atoms with van der Waals surface area (Å²) in [7, 11) is 3.98. The predicted molar refractivity (Wildman–Crippen MR) is 174 cm³/mol. The molecule has 6 rings (SSSR count). The number of rotatable bonds is 9. The van der Waals surface area contributed by atoms with Gasteiger partial charge in [-0.15, -0.1) is 0 Å². The summed E-state index contributed by atoms with van der Waals surface area (Å²) in [6.07, 6.45) is 9.89. The summed E-state index contributed by atoms with van der Waals surface area (Å²) in [4.78, 5) is 20.0. The van der Waals surface area contributed by atoms with Crippen LogP contribution >= 0.6 is 0 Å². The van der Waals surface area contributed by atoms with Crippen molar-refractivity contribution >= 4 is 23.0 Å². The average molecular weight is 593 g/mol. The summed E-state index contributed by atoms with van der Waals surface area (Å²) in [5, 5.41) is 7.26. The molecular formula is C33H52N8O2. The number of ether oxygens (including phenoxy) is 2. The monoisotopic (exact) mass is 592 g/mol. The lowest BCUT2D eigenvalue weighted by Crippen LogP contribution is -2.52. The van der Waals surface area contributed by atoms with Gasteiger partial charge >= 0.3 is 0 Å². The number of nitrogens with zero attached hydrogens (tertiary/aromatic N) is 6. The summed E-state index contributed by atoms with van der Waals surface area (Å²) < 4.78 is 11.4. The lowest BCUT2D eigenvalue weighted by molar-refractivity contribution is 0.00790. The zero-order valence-electron chi connectivity index (χ0n) is 26.6. The fraction of sp³-hybridized carbons (Fsp3) is 0.697. The predicted octanol–water partition coefficient (Wildman–Crippen LogP) is 4.06. The Labute approximate surface area is 258 Å². The highest BCUT2D eigenvalue weighted by molar-refractivity contribution is 5.69. The Morgan fingerprint density at radius 2 is 1.58 bits per heavy atom. The highest BCUT2D eigenvalue weighted by Crippen LogP contribution is 2.34. The number of anilines is 4. The fourth-order valence-electron chi connectivity index (χ4n) is 7.36. The second-order valence-electron chi connectivity index (χ2n) is 12.8. The Kier molecular flexibility index (Phi) is 10.2. The third kappa shape index (κ3) is 7.53. The number of aryl methyl sites for hydroxylation is 1. The van der Waals surface area contributed by atoms with Gasteiger partial charge in [0.25, 0.3) is 0 Å². The van der Waals surface area contributed by atoms with Gasteiger partial charge in [-0.05, 0) is 64.1 Å².